The highest BCUT2D eigenvalue weighted by atomic mass is 35.5. The zero-order chi connectivity index (χ0) is 6.08. The van der Waals surface area contributed by atoms with Gasteiger partial charge < -0.3 is 5.11 Å². The number of aliphatic hydroxyl groups is 1. The van der Waals surface area contributed by atoms with Crippen LogP contribution in [0.2, 0.25) is 0 Å². The van der Waals surface area contributed by atoms with Crippen LogP contribution in [0, 0.1) is 0 Å². The van der Waals surface area contributed by atoms with E-state index in [-0.39, 0.29) is 4.70 Å². The summed E-state index contributed by atoms with van der Waals surface area (Å²) in [6, 6.07) is 0. The van der Waals surface area contributed by atoms with Crippen LogP contribution >= 0.6 is 11.6 Å². The van der Waals surface area contributed by atoms with E-state index in [0.717, 1.165) is 0 Å². The third-order valence-electron chi connectivity index (χ3n) is 0.270. The lowest BCUT2D eigenvalue weighted by Gasteiger charge is -2.04. The minimum atomic E-state index is -4.68. The Morgan fingerprint density at radius 2 is 1.50 bits per heavy atom. The molecule has 0 saturated carbocycles. The van der Waals surface area contributed by atoms with E-state index in [4.69, 9.17) is 5.11 Å². The molecule has 0 aliphatic rings. The standard InChI is InChI=1S/C2H2ClF3O.FH/c3-1(7)2(4,5)6;/h1,7H;1H. The minimum absolute atomic E-state index is 0. The molecule has 0 bridgehead atoms. The molecule has 0 aromatic heterocycles. The molecule has 0 radical (unpaired) electrons. The van der Waals surface area contributed by atoms with Crippen LogP contribution in [0.5, 0.6) is 0 Å². The van der Waals surface area contributed by atoms with Crippen LogP contribution in [0.15, 0.2) is 0 Å². The first kappa shape index (κ1) is 10.9. The van der Waals surface area contributed by atoms with E-state index in [1.54, 1.807) is 0 Å². The summed E-state index contributed by atoms with van der Waals surface area (Å²) in [7, 11) is 0. The number of rotatable bonds is 0. The number of hydrogen-bond acceptors (Lipinski definition) is 1. The summed E-state index contributed by atoms with van der Waals surface area (Å²) >= 11 is 4.18. The van der Waals surface area contributed by atoms with Gasteiger partial charge in [-0.1, -0.05) is 11.6 Å². The lowest BCUT2D eigenvalue weighted by atomic mass is 10.7. The largest absolute Gasteiger partial charge is 0.428 e. The van der Waals surface area contributed by atoms with Crippen LogP contribution in [0.3, 0.4) is 0 Å². The second-order valence-electron chi connectivity index (χ2n) is 0.877. The maximum Gasteiger partial charge on any atom is 0.428 e. The normalized spacial score (nSPS) is 14.6. The van der Waals surface area contributed by atoms with Crippen LogP contribution in [-0.4, -0.2) is 16.8 Å². The average Bonchev–Trinajstić information content (AvgIpc) is 1.31. The van der Waals surface area contributed by atoms with Gasteiger partial charge in [0.05, 0.1) is 0 Å². The van der Waals surface area contributed by atoms with Crippen molar-refractivity contribution in [3.05, 3.63) is 0 Å². The first-order valence-electron chi connectivity index (χ1n) is 1.33. The van der Waals surface area contributed by atoms with E-state index in [1.807, 2.05) is 0 Å². The van der Waals surface area contributed by atoms with Gasteiger partial charge in [0.25, 0.3) is 0 Å². The molecular weight excluding hydrogens is 151 g/mol. The van der Waals surface area contributed by atoms with Crippen molar-refractivity contribution in [2.75, 3.05) is 0 Å². The Hall–Kier alpha value is -0.0300. The van der Waals surface area contributed by atoms with Gasteiger partial charge in [0, 0.05) is 0 Å². The van der Waals surface area contributed by atoms with E-state index in [2.05, 4.69) is 11.6 Å². The molecule has 1 N–H and O–H groups in total. The third-order valence-corrected chi connectivity index (χ3v) is 0.518. The fourth-order valence-corrected chi connectivity index (χ4v) is 0. The summed E-state index contributed by atoms with van der Waals surface area (Å²) < 4.78 is 32.4. The lowest BCUT2D eigenvalue weighted by Crippen LogP contribution is -2.21. The van der Waals surface area contributed by atoms with Gasteiger partial charge in [0.15, 0.2) is 0 Å². The highest BCUT2D eigenvalue weighted by molar-refractivity contribution is 6.19. The lowest BCUT2D eigenvalue weighted by molar-refractivity contribution is -0.176. The summed E-state index contributed by atoms with van der Waals surface area (Å²) in [5, 5.41) is 7.53. The summed E-state index contributed by atoms with van der Waals surface area (Å²) in [6.45, 7) is 0. The Morgan fingerprint density at radius 1 is 1.38 bits per heavy atom. The van der Waals surface area contributed by atoms with Gasteiger partial charge in [-0.25, -0.2) is 0 Å². The molecule has 0 fully saturated rings. The van der Waals surface area contributed by atoms with Crippen molar-refractivity contribution in [1.29, 1.82) is 0 Å². The van der Waals surface area contributed by atoms with Crippen molar-refractivity contribution in [2.45, 2.75) is 11.7 Å². The Kier molecular flexibility index (Phi) is 4.19. The Balaban J connectivity index is 0. The molecule has 0 aromatic carbocycles. The zero-order valence-corrected chi connectivity index (χ0v) is 4.20. The van der Waals surface area contributed by atoms with Gasteiger partial charge in [-0.2, -0.15) is 13.2 Å². The molecule has 0 aliphatic heterocycles. The van der Waals surface area contributed by atoms with Crippen molar-refractivity contribution in [3.63, 3.8) is 0 Å². The molecule has 0 rings (SSSR count). The molecule has 1 atom stereocenters. The van der Waals surface area contributed by atoms with Crippen molar-refractivity contribution >= 4 is 11.6 Å². The summed E-state index contributed by atoms with van der Waals surface area (Å²) in [5.41, 5.74) is -2.73. The molecule has 0 spiro atoms. The zero-order valence-electron chi connectivity index (χ0n) is 3.44. The molecule has 1 unspecified atom stereocenters. The van der Waals surface area contributed by atoms with Gasteiger partial charge in [0.2, 0.25) is 5.56 Å². The smallest absolute Gasteiger partial charge is 0.370 e. The quantitative estimate of drug-likeness (QED) is 0.411. The molecule has 52 valence electrons. The maximum atomic E-state index is 10.8. The number of halogens is 5. The van der Waals surface area contributed by atoms with Gasteiger partial charge >= 0.3 is 6.18 Å². The van der Waals surface area contributed by atoms with Crippen molar-refractivity contribution in [1.82, 2.24) is 0 Å². The average molecular weight is 154 g/mol. The monoisotopic (exact) mass is 154 g/mol. The Bertz CT molecular complexity index is 59.5. The highest BCUT2D eigenvalue weighted by Crippen LogP contribution is 2.21. The molecule has 0 saturated heterocycles. The molecule has 0 amide bonds. The predicted molar refractivity (Wildman–Crippen MR) is 20.4 cm³/mol. The second kappa shape index (κ2) is 3.09. The van der Waals surface area contributed by atoms with Crippen molar-refractivity contribution in [3.8, 4) is 0 Å². The van der Waals surface area contributed by atoms with Gasteiger partial charge in [-0.3, -0.25) is 4.70 Å². The van der Waals surface area contributed by atoms with Gasteiger partial charge in [-0.15, -0.1) is 0 Å². The predicted octanol–water partition coefficient (Wildman–Crippen LogP) is 1.26. The van der Waals surface area contributed by atoms with Gasteiger partial charge in [0.1, 0.15) is 0 Å². The molecule has 0 heterocycles. The van der Waals surface area contributed by atoms with Crippen molar-refractivity contribution < 1.29 is 23.0 Å². The maximum absolute atomic E-state index is 10.8. The van der Waals surface area contributed by atoms with E-state index in [1.165, 1.54) is 0 Å². The van der Waals surface area contributed by atoms with E-state index >= 15 is 0 Å². The molecule has 0 aliphatic carbocycles. The van der Waals surface area contributed by atoms with E-state index in [9.17, 15) is 13.2 Å². The fraction of sp³-hybridized carbons (Fsp3) is 1.00. The van der Waals surface area contributed by atoms with Crippen LogP contribution < -0.4 is 0 Å². The van der Waals surface area contributed by atoms with Gasteiger partial charge in [-0.05, 0) is 0 Å². The Morgan fingerprint density at radius 3 is 1.50 bits per heavy atom. The first-order chi connectivity index (χ1) is 2.94. The van der Waals surface area contributed by atoms with E-state index in [0.29, 0.717) is 0 Å². The number of aliphatic hydroxyl groups excluding tert-OH is 1. The fourth-order valence-electron chi connectivity index (χ4n) is 0. The van der Waals surface area contributed by atoms with Crippen LogP contribution in [-0.2, 0) is 0 Å². The molecule has 1 nitrogen and oxygen atoms in total. The molecule has 6 heteroatoms. The summed E-state index contributed by atoms with van der Waals surface area (Å²) in [6.07, 6.45) is -4.68. The number of alkyl halides is 4. The molecule has 8 heavy (non-hydrogen) atoms. The highest BCUT2D eigenvalue weighted by Gasteiger charge is 2.36. The van der Waals surface area contributed by atoms with Crippen LogP contribution in [0.4, 0.5) is 17.9 Å². The number of hydrogen-bond donors (Lipinski definition) is 1. The first-order valence-corrected chi connectivity index (χ1v) is 1.77. The molecule has 0 aromatic rings. The van der Waals surface area contributed by atoms with Crippen LogP contribution in [0.25, 0.3) is 0 Å². The topological polar surface area (TPSA) is 20.2 Å². The Labute approximate surface area is 47.4 Å². The minimum Gasteiger partial charge on any atom is -0.370 e. The third kappa shape index (κ3) is 4.14. The second-order valence-corrected chi connectivity index (χ2v) is 1.29. The van der Waals surface area contributed by atoms with Crippen LogP contribution in [0.1, 0.15) is 0 Å². The summed E-state index contributed by atoms with van der Waals surface area (Å²) in [4.78, 5) is 0. The van der Waals surface area contributed by atoms with E-state index < -0.39 is 11.7 Å². The molecular formula is C2H3ClF4O. The SMILES string of the molecule is F.OC(Cl)C(F)(F)F. The van der Waals surface area contributed by atoms with Crippen molar-refractivity contribution in [2.24, 2.45) is 0 Å². The summed E-state index contributed by atoms with van der Waals surface area (Å²) in [5.74, 6) is 0.